The molecule has 0 fully saturated rings. The zero-order valence-corrected chi connectivity index (χ0v) is 19.2. The molecule has 0 atom stereocenters. The number of amides is 2. The van der Waals surface area contributed by atoms with Crippen LogP contribution in [-0.4, -0.2) is 39.1 Å². The molecule has 0 radical (unpaired) electrons. The third-order valence-electron chi connectivity index (χ3n) is 4.77. The van der Waals surface area contributed by atoms with Crippen molar-refractivity contribution >= 4 is 49.0 Å². The molecule has 1 aliphatic rings. The number of anilines is 2. The van der Waals surface area contributed by atoms with Crippen LogP contribution in [0.1, 0.15) is 25.8 Å². The number of nitrogens with one attached hydrogen (secondary N) is 1. The SMILES string of the molecule is CCOc1ccccc1NC(=O)CCS(=O)(=O)c1cc(Br)cc2c1N(C(C)=O)CC2. The highest BCUT2D eigenvalue weighted by molar-refractivity contribution is 9.10. The average Bonchev–Trinajstić information content (AvgIpc) is 3.11. The zero-order chi connectivity index (χ0) is 21.9. The molecule has 1 N–H and O–H groups in total. The smallest absolute Gasteiger partial charge is 0.225 e. The van der Waals surface area contributed by atoms with Crippen LogP contribution in [0.5, 0.6) is 5.75 Å². The molecule has 2 aromatic carbocycles. The molecule has 0 aromatic heterocycles. The van der Waals surface area contributed by atoms with E-state index >= 15 is 0 Å². The molecule has 7 nitrogen and oxygen atoms in total. The van der Waals surface area contributed by atoms with Gasteiger partial charge in [0.05, 0.1) is 28.6 Å². The first-order valence-electron chi connectivity index (χ1n) is 9.58. The Bertz CT molecular complexity index is 1080. The number of halogens is 1. The molecule has 1 heterocycles. The lowest BCUT2D eigenvalue weighted by Crippen LogP contribution is -2.27. The van der Waals surface area contributed by atoms with E-state index in [1.807, 2.05) is 13.0 Å². The summed E-state index contributed by atoms with van der Waals surface area (Å²) in [6, 6.07) is 10.3. The van der Waals surface area contributed by atoms with Crippen molar-refractivity contribution in [2.45, 2.75) is 31.6 Å². The molecular weight excluding hydrogens is 472 g/mol. The first-order valence-corrected chi connectivity index (χ1v) is 12.0. The molecule has 30 heavy (non-hydrogen) atoms. The van der Waals surface area contributed by atoms with Gasteiger partial charge in [-0.25, -0.2) is 8.42 Å². The van der Waals surface area contributed by atoms with E-state index in [0.29, 0.717) is 41.2 Å². The molecule has 0 saturated carbocycles. The first-order chi connectivity index (χ1) is 14.2. The normalized spacial score (nSPS) is 13.1. The van der Waals surface area contributed by atoms with Crippen LogP contribution >= 0.6 is 15.9 Å². The zero-order valence-electron chi connectivity index (χ0n) is 16.8. The van der Waals surface area contributed by atoms with E-state index in [9.17, 15) is 18.0 Å². The molecular formula is C21H23BrN2O5S. The number of ether oxygens (including phenoxy) is 1. The maximum Gasteiger partial charge on any atom is 0.225 e. The van der Waals surface area contributed by atoms with Crippen LogP contribution in [0, 0.1) is 0 Å². The van der Waals surface area contributed by atoms with E-state index in [1.165, 1.54) is 17.9 Å². The molecule has 160 valence electrons. The van der Waals surface area contributed by atoms with Crippen molar-refractivity contribution in [1.82, 2.24) is 0 Å². The standard InChI is InChI=1S/C21H23BrN2O5S/c1-3-29-18-7-5-4-6-17(18)23-20(26)9-11-30(27,28)19-13-16(22)12-15-8-10-24(14(2)25)21(15)19/h4-7,12-13H,3,8-11H2,1-2H3,(H,23,26). The highest BCUT2D eigenvalue weighted by Crippen LogP contribution is 2.38. The fraction of sp³-hybridized carbons (Fsp3) is 0.333. The van der Waals surface area contributed by atoms with E-state index < -0.39 is 15.7 Å². The molecule has 0 aliphatic carbocycles. The van der Waals surface area contributed by atoms with Gasteiger partial charge in [-0.15, -0.1) is 0 Å². The molecule has 2 amide bonds. The van der Waals surface area contributed by atoms with E-state index in [0.717, 1.165) is 5.56 Å². The summed E-state index contributed by atoms with van der Waals surface area (Å²) in [6.45, 7) is 4.14. The Hall–Kier alpha value is -2.39. The second-order valence-corrected chi connectivity index (χ2v) is 9.87. The van der Waals surface area contributed by atoms with Gasteiger partial charge in [-0.05, 0) is 43.2 Å². The number of nitrogens with zero attached hydrogens (tertiary/aromatic N) is 1. The lowest BCUT2D eigenvalue weighted by atomic mass is 10.2. The Morgan fingerprint density at radius 1 is 1.23 bits per heavy atom. The summed E-state index contributed by atoms with van der Waals surface area (Å²) >= 11 is 3.35. The van der Waals surface area contributed by atoms with Crippen LogP contribution in [0.25, 0.3) is 0 Å². The fourth-order valence-corrected chi connectivity index (χ4v) is 5.60. The lowest BCUT2D eigenvalue weighted by molar-refractivity contribution is -0.117. The predicted molar refractivity (Wildman–Crippen MR) is 119 cm³/mol. The van der Waals surface area contributed by atoms with Crippen molar-refractivity contribution < 1.29 is 22.7 Å². The topological polar surface area (TPSA) is 92.8 Å². The van der Waals surface area contributed by atoms with E-state index in [2.05, 4.69) is 21.2 Å². The van der Waals surface area contributed by atoms with Gasteiger partial charge in [0.25, 0.3) is 0 Å². The minimum Gasteiger partial charge on any atom is -0.492 e. The van der Waals surface area contributed by atoms with Gasteiger partial charge in [0.15, 0.2) is 9.84 Å². The number of benzene rings is 2. The van der Waals surface area contributed by atoms with Gasteiger partial charge >= 0.3 is 0 Å². The van der Waals surface area contributed by atoms with Crippen molar-refractivity contribution in [1.29, 1.82) is 0 Å². The number of rotatable bonds is 7. The van der Waals surface area contributed by atoms with Crippen molar-refractivity contribution in [2.24, 2.45) is 0 Å². The van der Waals surface area contributed by atoms with Crippen LogP contribution in [0.3, 0.4) is 0 Å². The third-order valence-corrected chi connectivity index (χ3v) is 6.95. The summed E-state index contributed by atoms with van der Waals surface area (Å²) in [5, 5.41) is 2.71. The van der Waals surface area contributed by atoms with Crippen molar-refractivity contribution in [3.63, 3.8) is 0 Å². The summed E-state index contributed by atoms with van der Waals surface area (Å²) in [4.78, 5) is 25.9. The largest absolute Gasteiger partial charge is 0.492 e. The molecule has 3 rings (SSSR count). The Morgan fingerprint density at radius 3 is 2.67 bits per heavy atom. The van der Waals surface area contributed by atoms with Crippen LogP contribution in [0.2, 0.25) is 0 Å². The minimum absolute atomic E-state index is 0.0714. The van der Waals surface area contributed by atoms with Crippen LogP contribution in [0.15, 0.2) is 45.8 Å². The number of carbonyl (C=O) groups is 2. The van der Waals surface area contributed by atoms with Crippen LogP contribution in [0.4, 0.5) is 11.4 Å². The third kappa shape index (κ3) is 4.84. The number of para-hydroxylation sites is 2. The monoisotopic (exact) mass is 494 g/mol. The van der Waals surface area contributed by atoms with Crippen molar-refractivity contribution in [3.8, 4) is 5.75 Å². The second kappa shape index (κ2) is 9.18. The van der Waals surface area contributed by atoms with Crippen molar-refractivity contribution in [3.05, 3.63) is 46.4 Å². The molecule has 2 aromatic rings. The predicted octanol–water partition coefficient (Wildman–Crippen LogP) is 3.56. The fourth-order valence-electron chi connectivity index (χ4n) is 3.42. The van der Waals surface area contributed by atoms with Gasteiger partial charge in [-0.1, -0.05) is 28.1 Å². The maximum absolute atomic E-state index is 13.1. The summed E-state index contributed by atoms with van der Waals surface area (Å²) in [5.41, 5.74) is 1.72. The van der Waals surface area contributed by atoms with E-state index in [-0.39, 0.29) is 23.0 Å². The lowest BCUT2D eigenvalue weighted by Gasteiger charge is -2.19. The molecule has 0 saturated heterocycles. The molecule has 1 aliphatic heterocycles. The quantitative estimate of drug-likeness (QED) is 0.634. The molecule has 9 heteroatoms. The Kier molecular flexibility index (Phi) is 6.82. The van der Waals surface area contributed by atoms with Gasteiger partial charge in [-0.2, -0.15) is 0 Å². The van der Waals surface area contributed by atoms with Gasteiger partial charge in [0.1, 0.15) is 5.75 Å². The van der Waals surface area contributed by atoms with Crippen molar-refractivity contribution in [2.75, 3.05) is 29.1 Å². The van der Waals surface area contributed by atoms with Crippen LogP contribution in [-0.2, 0) is 25.8 Å². The number of hydrogen-bond acceptors (Lipinski definition) is 5. The van der Waals surface area contributed by atoms with E-state index in [4.69, 9.17) is 4.74 Å². The second-order valence-electron chi connectivity index (χ2n) is 6.88. The minimum atomic E-state index is -3.80. The number of fused-ring (bicyclic) bond motifs is 1. The van der Waals surface area contributed by atoms with Gasteiger partial charge in [0, 0.05) is 24.4 Å². The average molecular weight is 495 g/mol. The highest BCUT2D eigenvalue weighted by atomic mass is 79.9. The summed E-state index contributed by atoms with van der Waals surface area (Å²) < 4.78 is 32.3. The van der Waals surface area contributed by atoms with Gasteiger partial charge < -0.3 is 15.0 Å². The number of carbonyl (C=O) groups excluding carboxylic acids is 2. The molecule has 0 unspecified atom stereocenters. The number of sulfone groups is 1. The maximum atomic E-state index is 13.1. The molecule has 0 bridgehead atoms. The highest BCUT2D eigenvalue weighted by Gasteiger charge is 2.31. The Labute approximate surface area is 184 Å². The summed E-state index contributed by atoms with van der Waals surface area (Å²) in [6.07, 6.45) is 0.371. The summed E-state index contributed by atoms with van der Waals surface area (Å²) in [7, 11) is -3.80. The summed E-state index contributed by atoms with van der Waals surface area (Å²) in [5.74, 6) is -0.485. The first kappa shape index (κ1) is 22.3. The van der Waals surface area contributed by atoms with Gasteiger partial charge in [0.2, 0.25) is 11.8 Å². The van der Waals surface area contributed by atoms with Gasteiger partial charge in [-0.3, -0.25) is 9.59 Å². The van der Waals surface area contributed by atoms with E-state index in [1.54, 1.807) is 24.3 Å². The number of hydrogen-bond donors (Lipinski definition) is 1. The Morgan fingerprint density at radius 2 is 1.97 bits per heavy atom. The molecule has 0 spiro atoms. The van der Waals surface area contributed by atoms with Crippen LogP contribution < -0.4 is 15.0 Å². The Balaban J connectivity index is 1.79.